The maximum atomic E-state index is 12.3. The van der Waals surface area contributed by atoms with E-state index in [2.05, 4.69) is 45.9 Å². The maximum absolute atomic E-state index is 12.3. The number of ketones is 1. The molecular weight excluding hydrogens is 338 g/mol. The smallest absolute Gasteiger partial charge is 0.202 e. The summed E-state index contributed by atoms with van der Waals surface area (Å²) in [5, 5.41) is 10.5. The van der Waals surface area contributed by atoms with Crippen LogP contribution in [0, 0.1) is 11.8 Å². The average molecular weight is 376 g/mol. The Morgan fingerprint density at radius 3 is 2.19 bits per heavy atom. The minimum atomic E-state index is -0.839. The molecule has 0 spiro atoms. The summed E-state index contributed by atoms with van der Waals surface area (Å²) in [6.07, 6.45) is 10.7. The van der Waals surface area contributed by atoms with Gasteiger partial charge < -0.3 is 15.6 Å². The van der Waals surface area contributed by atoms with Crippen molar-refractivity contribution < 1.29 is 14.6 Å². The van der Waals surface area contributed by atoms with Crippen molar-refractivity contribution in [2.75, 3.05) is 7.11 Å². The average Bonchev–Trinajstić information content (AvgIpc) is 2.60. The number of rotatable bonds is 9. The van der Waals surface area contributed by atoms with Gasteiger partial charge in [-0.15, -0.1) is 0 Å². The zero-order valence-electron chi connectivity index (χ0n) is 17.8. The Morgan fingerprint density at radius 1 is 1.07 bits per heavy atom. The summed E-state index contributed by atoms with van der Waals surface area (Å²) in [5.41, 5.74) is 10.1. The monoisotopic (exact) mass is 375 g/mol. The fraction of sp³-hybridized carbons (Fsp3) is 0.609. The van der Waals surface area contributed by atoms with E-state index in [0.717, 1.165) is 25.7 Å². The van der Waals surface area contributed by atoms with Gasteiger partial charge in [0.25, 0.3) is 0 Å². The zero-order valence-corrected chi connectivity index (χ0v) is 17.8. The standard InChI is InChI=1S/C23H37NO3/c1-15(2)9-7-10-16(3)11-8-12-17(4)13-14-19-18(5)21(25)23(27-6)20(24)22(19)26/h9,11,13,18-19,22,26H,7-8,10,12,14,24H2,1-6H3/b16-11+,17-13+/t18-,19-,22-/m0/s1. The van der Waals surface area contributed by atoms with Crippen LogP contribution in [0.1, 0.15) is 66.7 Å². The Morgan fingerprint density at radius 2 is 1.63 bits per heavy atom. The van der Waals surface area contributed by atoms with E-state index in [1.54, 1.807) is 0 Å². The van der Waals surface area contributed by atoms with Crippen LogP contribution in [0.2, 0.25) is 0 Å². The van der Waals surface area contributed by atoms with Crippen LogP contribution >= 0.6 is 0 Å². The van der Waals surface area contributed by atoms with Crippen LogP contribution in [0.15, 0.2) is 46.4 Å². The lowest BCUT2D eigenvalue weighted by Gasteiger charge is -2.33. The number of hydrogen-bond donors (Lipinski definition) is 2. The summed E-state index contributed by atoms with van der Waals surface area (Å²) < 4.78 is 5.07. The van der Waals surface area contributed by atoms with E-state index in [1.165, 1.54) is 23.8 Å². The Kier molecular flexibility index (Phi) is 9.57. The van der Waals surface area contributed by atoms with Crippen molar-refractivity contribution in [3.8, 4) is 0 Å². The van der Waals surface area contributed by atoms with Crippen molar-refractivity contribution in [1.82, 2.24) is 0 Å². The topological polar surface area (TPSA) is 72.6 Å². The molecule has 27 heavy (non-hydrogen) atoms. The van der Waals surface area contributed by atoms with Gasteiger partial charge in [0.1, 0.15) is 6.10 Å². The van der Waals surface area contributed by atoms with Crippen molar-refractivity contribution in [1.29, 1.82) is 0 Å². The number of nitrogens with two attached hydrogens (primary N) is 1. The van der Waals surface area contributed by atoms with Gasteiger partial charge in [0, 0.05) is 11.8 Å². The van der Waals surface area contributed by atoms with Gasteiger partial charge in [-0.05, 0) is 59.8 Å². The zero-order chi connectivity index (χ0) is 20.6. The SMILES string of the molecule is COC1=C(N)[C@@H](O)[C@@H](C/C=C(\C)CC/C=C(\C)CCC=C(C)C)[C@H](C)C1=O. The van der Waals surface area contributed by atoms with Crippen LogP contribution in [-0.4, -0.2) is 24.1 Å². The lowest BCUT2D eigenvalue weighted by Crippen LogP contribution is -2.42. The molecule has 0 unspecified atom stereocenters. The first-order chi connectivity index (χ1) is 12.7. The second-order valence-corrected chi connectivity index (χ2v) is 7.95. The molecule has 0 bridgehead atoms. The minimum Gasteiger partial charge on any atom is -0.491 e. The number of aliphatic hydroxyl groups excluding tert-OH is 1. The Labute approximate surface area is 164 Å². The second kappa shape index (κ2) is 11.1. The van der Waals surface area contributed by atoms with Gasteiger partial charge in [-0.3, -0.25) is 4.79 Å². The Balaban J connectivity index is 2.58. The first kappa shape index (κ1) is 23.2. The van der Waals surface area contributed by atoms with Gasteiger partial charge in [-0.1, -0.05) is 41.9 Å². The normalized spacial score (nSPS) is 24.3. The third-order valence-electron chi connectivity index (χ3n) is 5.33. The number of methoxy groups -OCH3 is 1. The van der Waals surface area contributed by atoms with Gasteiger partial charge in [0.05, 0.1) is 12.8 Å². The Bertz CT molecular complexity index is 636. The van der Waals surface area contributed by atoms with Crippen LogP contribution in [0.3, 0.4) is 0 Å². The highest BCUT2D eigenvalue weighted by molar-refractivity contribution is 5.97. The second-order valence-electron chi connectivity index (χ2n) is 7.95. The molecule has 0 saturated carbocycles. The molecule has 4 heteroatoms. The van der Waals surface area contributed by atoms with Crippen LogP contribution in [-0.2, 0) is 9.53 Å². The van der Waals surface area contributed by atoms with Crippen LogP contribution in [0.4, 0.5) is 0 Å². The molecule has 152 valence electrons. The highest BCUT2D eigenvalue weighted by Gasteiger charge is 2.40. The lowest BCUT2D eigenvalue weighted by molar-refractivity contribution is -0.126. The molecular formula is C23H37NO3. The van der Waals surface area contributed by atoms with Crippen LogP contribution in [0.25, 0.3) is 0 Å². The van der Waals surface area contributed by atoms with E-state index in [-0.39, 0.29) is 29.1 Å². The largest absolute Gasteiger partial charge is 0.491 e. The van der Waals surface area contributed by atoms with Crippen molar-refractivity contribution in [3.63, 3.8) is 0 Å². The number of allylic oxidation sites excluding steroid dienone is 7. The molecule has 1 rings (SSSR count). The molecule has 1 aliphatic carbocycles. The molecule has 3 atom stereocenters. The first-order valence-electron chi connectivity index (χ1n) is 9.89. The van der Waals surface area contributed by atoms with E-state index in [1.807, 2.05) is 6.92 Å². The summed E-state index contributed by atoms with van der Waals surface area (Å²) in [5.74, 6) is -0.511. The number of Topliss-reactive ketones (excluding diaryl/α,β-unsaturated/α-hetero) is 1. The maximum Gasteiger partial charge on any atom is 0.202 e. The molecule has 0 fully saturated rings. The third-order valence-corrected chi connectivity index (χ3v) is 5.33. The molecule has 0 amide bonds. The lowest BCUT2D eigenvalue weighted by atomic mass is 9.77. The molecule has 3 N–H and O–H groups in total. The van der Waals surface area contributed by atoms with Crippen molar-refractivity contribution in [2.24, 2.45) is 17.6 Å². The fourth-order valence-electron chi connectivity index (χ4n) is 3.41. The Hall–Kier alpha value is -1.81. The minimum absolute atomic E-state index is 0.112. The number of ether oxygens (including phenoxy) is 1. The van der Waals surface area contributed by atoms with Gasteiger partial charge in [0.15, 0.2) is 5.76 Å². The summed E-state index contributed by atoms with van der Waals surface area (Å²) in [4.78, 5) is 12.3. The van der Waals surface area contributed by atoms with E-state index in [0.29, 0.717) is 6.42 Å². The molecule has 0 aromatic rings. The van der Waals surface area contributed by atoms with Gasteiger partial charge in [-0.2, -0.15) is 0 Å². The highest BCUT2D eigenvalue weighted by Crippen LogP contribution is 2.33. The van der Waals surface area contributed by atoms with E-state index in [4.69, 9.17) is 10.5 Å². The molecule has 0 saturated heterocycles. The molecule has 0 aromatic heterocycles. The molecule has 0 radical (unpaired) electrons. The molecule has 0 heterocycles. The van der Waals surface area contributed by atoms with Gasteiger partial charge in [-0.25, -0.2) is 0 Å². The predicted molar refractivity (Wildman–Crippen MR) is 112 cm³/mol. The number of hydrogen-bond acceptors (Lipinski definition) is 4. The summed E-state index contributed by atoms with van der Waals surface area (Å²) in [6, 6.07) is 0. The van der Waals surface area contributed by atoms with E-state index >= 15 is 0 Å². The highest BCUT2D eigenvalue weighted by atomic mass is 16.5. The fourth-order valence-corrected chi connectivity index (χ4v) is 3.41. The quantitative estimate of drug-likeness (QED) is 0.567. The van der Waals surface area contributed by atoms with Gasteiger partial charge >= 0.3 is 0 Å². The van der Waals surface area contributed by atoms with Crippen molar-refractivity contribution >= 4 is 5.78 Å². The molecule has 1 aliphatic rings. The molecule has 4 nitrogen and oxygen atoms in total. The number of carbonyl (C=O) groups is 1. The van der Waals surface area contributed by atoms with Crippen molar-refractivity contribution in [3.05, 3.63) is 46.4 Å². The number of aliphatic hydroxyl groups is 1. The predicted octanol–water partition coefficient (Wildman–Crippen LogP) is 4.81. The summed E-state index contributed by atoms with van der Waals surface area (Å²) in [7, 11) is 1.42. The van der Waals surface area contributed by atoms with Gasteiger partial charge in [0.2, 0.25) is 5.78 Å². The number of carbonyl (C=O) groups excluding carboxylic acids is 1. The molecule has 0 aromatic carbocycles. The third kappa shape index (κ3) is 7.02. The van der Waals surface area contributed by atoms with E-state index < -0.39 is 6.10 Å². The van der Waals surface area contributed by atoms with Crippen molar-refractivity contribution in [2.45, 2.75) is 72.8 Å². The van der Waals surface area contributed by atoms with Crippen LogP contribution in [0.5, 0.6) is 0 Å². The van der Waals surface area contributed by atoms with Crippen LogP contribution < -0.4 is 5.73 Å². The van der Waals surface area contributed by atoms with E-state index in [9.17, 15) is 9.90 Å². The summed E-state index contributed by atoms with van der Waals surface area (Å²) in [6.45, 7) is 10.4. The summed E-state index contributed by atoms with van der Waals surface area (Å²) >= 11 is 0. The first-order valence-corrected chi connectivity index (χ1v) is 9.89. The molecule has 0 aliphatic heterocycles.